The predicted molar refractivity (Wildman–Crippen MR) is 117 cm³/mol. The summed E-state index contributed by atoms with van der Waals surface area (Å²) >= 11 is 6.22. The Morgan fingerprint density at radius 1 is 1.27 bits per heavy atom. The van der Waals surface area contributed by atoms with Gasteiger partial charge in [0, 0.05) is 54.7 Å². The molecular formula is C23H26ClN3O3. The second-order valence-corrected chi connectivity index (χ2v) is 8.18. The first-order valence-corrected chi connectivity index (χ1v) is 10.7. The van der Waals surface area contributed by atoms with Crippen LogP contribution in [-0.4, -0.2) is 47.2 Å². The van der Waals surface area contributed by atoms with Gasteiger partial charge in [0.25, 0.3) is 0 Å². The van der Waals surface area contributed by atoms with Crippen LogP contribution in [0, 0.1) is 0 Å². The van der Waals surface area contributed by atoms with Gasteiger partial charge in [0.2, 0.25) is 0 Å². The van der Waals surface area contributed by atoms with E-state index in [4.69, 9.17) is 21.3 Å². The lowest BCUT2D eigenvalue weighted by Gasteiger charge is -2.45. The molecule has 4 rings (SSSR count). The van der Waals surface area contributed by atoms with Crippen molar-refractivity contribution < 1.29 is 14.6 Å². The molecule has 2 aromatic rings. The molecule has 0 bridgehead atoms. The van der Waals surface area contributed by atoms with Crippen LogP contribution in [0.5, 0.6) is 5.75 Å². The molecule has 0 unspecified atom stereocenters. The topological polar surface area (TPSA) is 74.2 Å². The van der Waals surface area contributed by atoms with Crippen LogP contribution in [0.4, 0.5) is 4.79 Å². The number of ether oxygens (including phenoxy) is 1. The summed E-state index contributed by atoms with van der Waals surface area (Å²) in [6.45, 7) is 3.30. The number of nitrogens with one attached hydrogen (secondary N) is 1. The van der Waals surface area contributed by atoms with Gasteiger partial charge in [-0.15, -0.1) is 0 Å². The van der Waals surface area contributed by atoms with Gasteiger partial charge in [-0.1, -0.05) is 41.9 Å². The van der Waals surface area contributed by atoms with E-state index in [9.17, 15) is 9.90 Å². The first-order chi connectivity index (χ1) is 14.5. The molecule has 1 spiro atoms. The lowest BCUT2D eigenvalue weighted by molar-refractivity contribution is 0.0778. The van der Waals surface area contributed by atoms with Crippen LogP contribution in [0.2, 0.25) is 5.02 Å². The molecular weight excluding hydrogens is 402 g/mol. The molecule has 1 saturated heterocycles. The van der Waals surface area contributed by atoms with Crippen LogP contribution in [0.25, 0.3) is 0 Å². The van der Waals surface area contributed by atoms with E-state index in [1.165, 1.54) is 0 Å². The number of nitrogens with zero attached hydrogens (tertiary/aromatic N) is 2. The number of phenols is 1. The number of rotatable bonds is 3. The fourth-order valence-corrected chi connectivity index (χ4v) is 4.42. The highest BCUT2D eigenvalue weighted by atomic mass is 35.5. The van der Waals surface area contributed by atoms with Crippen LogP contribution in [0.15, 0.2) is 53.5 Å². The van der Waals surface area contributed by atoms with Gasteiger partial charge in [-0.3, -0.25) is 10.3 Å². The standard InChI is InChI=1S/C23H26ClN3O3/c1-2-30-22(29)27-12-10-23(11-13-27)25-19(16-6-4-3-5-7-16)15-20(26-23)18-14-17(24)8-9-21(18)28/h3-9,14,20,26,28H,2,10-13,15H2,1H3/t20-/m1/s1. The maximum atomic E-state index is 12.1. The Kier molecular flexibility index (Phi) is 5.97. The molecule has 0 saturated carbocycles. The number of benzene rings is 2. The minimum absolute atomic E-state index is 0.134. The zero-order valence-electron chi connectivity index (χ0n) is 17.0. The van der Waals surface area contributed by atoms with Gasteiger partial charge in [-0.25, -0.2) is 4.79 Å². The second-order valence-electron chi connectivity index (χ2n) is 7.75. The SMILES string of the molecule is CCOC(=O)N1CCC2(CC1)N=C(c1ccccc1)C[C@H](c1cc(Cl)ccc1O)N2. The average Bonchev–Trinajstić information content (AvgIpc) is 2.76. The van der Waals surface area contributed by atoms with Crippen molar-refractivity contribution in [3.8, 4) is 5.75 Å². The normalized spacial score (nSPS) is 20.7. The molecule has 0 aliphatic carbocycles. The van der Waals surface area contributed by atoms with Crippen molar-refractivity contribution >= 4 is 23.4 Å². The molecule has 1 atom stereocenters. The van der Waals surface area contributed by atoms with E-state index in [2.05, 4.69) is 17.4 Å². The number of amides is 1. The smallest absolute Gasteiger partial charge is 0.409 e. The third kappa shape index (κ3) is 4.30. The molecule has 2 aliphatic rings. The van der Waals surface area contributed by atoms with E-state index in [0.29, 0.717) is 44.0 Å². The number of halogens is 1. The van der Waals surface area contributed by atoms with E-state index in [1.54, 1.807) is 17.0 Å². The number of hydrogen-bond acceptors (Lipinski definition) is 5. The zero-order chi connectivity index (χ0) is 21.1. The summed E-state index contributed by atoms with van der Waals surface area (Å²) in [4.78, 5) is 19.0. The summed E-state index contributed by atoms with van der Waals surface area (Å²) in [6.07, 6.45) is 1.70. The number of hydrogen-bond donors (Lipinski definition) is 2. The zero-order valence-corrected chi connectivity index (χ0v) is 17.7. The van der Waals surface area contributed by atoms with Crippen molar-refractivity contribution in [1.82, 2.24) is 10.2 Å². The van der Waals surface area contributed by atoms with Gasteiger partial charge in [-0.05, 0) is 30.7 Å². The van der Waals surface area contributed by atoms with E-state index in [-0.39, 0.29) is 17.9 Å². The first kappa shape index (κ1) is 20.7. The largest absolute Gasteiger partial charge is 0.508 e. The van der Waals surface area contributed by atoms with E-state index >= 15 is 0 Å². The van der Waals surface area contributed by atoms with Gasteiger partial charge >= 0.3 is 6.09 Å². The number of carbonyl (C=O) groups excluding carboxylic acids is 1. The first-order valence-electron chi connectivity index (χ1n) is 10.3. The molecule has 0 radical (unpaired) electrons. The third-order valence-electron chi connectivity index (χ3n) is 5.78. The Morgan fingerprint density at radius 2 is 2.00 bits per heavy atom. The summed E-state index contributed by atoms with van der Waals surface area (Å²) in [5.41, 5.74) is 2.31. The summed E-state index contributed by atoms with van der Waals surface area (Å²) in [6, 6.07) is 15.1. The summed E-state index contributed by atoms with van der Waals surface area (Å²) in [7, 11) is 0. The van der Waals surface area contributed by atoms with E-state index < -0.39 is 5.66 Å². The molecule has 0 aromatic heterocycles. The van der Waals surface area contributed by atoms with Gasteiger partial charge < -0.3 is 14.7 Å². The Hall–Kier alpha value is -2.57. The molecule has 2 heterocycles. The maximum absolute atomic E-state index is 12.1. The maximum Gasteiger partial charge on any atom is 0.409 e. The molecule has 2 N–H and O–H groups in total. The predicted octanol–water partition coefficient (Wildman–Crippen LogP) is 4.52. The lowest BCUT2D eigenvalue weighted by atomic mass is 9.87. The minimum Gasteiger partial charge on any atom is -0.508 e. The minimum atomic E-state index is -0.508. The highest BCUT2D eigenvalue weighted by Gasteiger charge is 2.41. The van der Waals surface area contributed by atoms with Crippen molar-refractivity contribution in [2.45, 2.75) is 37.9 Å². The van der Waals surface area contributed by atoms with Gasteiger partial charge in [-0.2, -0.15) is 0 Å². The molecule has 2 aliphatic heterocycles. The second kappa shape index (κ2) is 8.66. The molecule has 6 nitrogen and oxygen atoms in total. The fraction of sp³-hybridized carbons (Fsp3) is 0.391. The van der Waals surface area contributed by atoms with Crippen molar-refractivity contribution in [2.24, 2.45) is 4.99 Å². The van der Waals surface area contributed by atoms with Crippen LogP contribution >= 0.6 is 11.6 Å². The third-order valence-corrected chi connectivity index (χ3v) is 6.01. The quantitative estimate of drug-likeness (QED) is 0.755. The number of phenolic OH excluding ortho intramolecular Hbond substituents is 1. The Morgan fingerprint density at radius 3 is 2.70 bits per heavy atom. The highest BCUT2D eigenvalue weighted by molar-refractivity contribution is 6.30. The molecule has 158 valence electrons. The molecule has 30 heavy (non-hydrogen) atoms. The van der Waals surface area contributed by atoms with Crippen molar-refractivity contribution in [3.05, 3.63) is 64.7 Å². The van der Waals surface area contributed by atoms with Gasteiger partial charge in [0.05, 0.1) is 6.61 Å². The molecule has 7 heteroatoms. The highest BCUT2D eigenvalue weighted by Crippen LogP contribution is 2.38. The van der Waals surface area contributed by atoms with Gasteiger partial charge in [0.1, 0.15) is 11.4 Å². The van der Waals surface area contributed by atoms with E-state index in [1.807, 2.05) is 31.2 Å². The lowest BCUT2D eigenvalue weighted by Crippen LogP contribution is -2.56. The number of carbonyl (C=O) groups is 1. The van der Waals surface area contributed by atoms with Crippen LogP contribution in [0.1, 0.15) is 43.4 Å². The number of aliphatic imine (C=N–C) groups is 1. The number of piperidine rings is 1. The van der Waals surface area contributed by atoms with Crippen molar-refractivity contribution in [1.29, 1.82) is 0 Å². The van der Waals surface area contributed by atoms with Crippen molar-refractivity contribution in [3.63, 3.8) is 0 Å². The van der Waals surface area contributed by atoms with Crippen molar-refractivity contribution in [2.75, 3.05) is 19.7 Å². The Balaban J connectivity index is 1.65. The van der Waals surface area contributed by atoms with Crippen LogP contribution in [0.3, 0.4) is 0 Å². The fourth-order valence-electron chi connectivity index (χ4n) is 4.24. The Bertz CT molecular complexity index is 940. The van der Waals surface area contributed by atoms with Gasteiger partial charge in [0.15, 0.2) is 0 Å². The molecule has 1 amide bonds. The summed E-state index contributed by atoms with van der Waals surface area (Å²) in [5, 5.41) is 14.7. The number of likely N-dealkylation sites (tertiary alicyclic amines) is 1. The average molecular weight is 428 g/mol. The summed E-state index contributed by atoms with van der Waals surface area (Å²) < 4.78 is 5.15. The monoisotopic (exact) mass is 427 g/mol. The van der Waals surface area contributed by atoms with Crippen LogP contribution < -0.4 is 5.32 Å². The molecule has 1 fully saturated rings. The Labute approximate surface area is 181 Å². The van der Waals surface area contributed by atoms with Crippen LogP contribution in [-0.2, 0) is 4.74 Å². The molecule has 2 aromatic carbocycles. The summed E-state index contributed by atoms with van der Waals surface area (Å²) in [5.74, 6) is 0.213. The number of aromatic hydroxyl groups is 1. The van der Waals surface area contributed by atoms with E-state index in [0.717, 1.165) is 16.8 Å².